The van der Waals surface area contributed by atoms with Gasteiger partial charge in [0.05, 0.1) is 0 Å². The molecule has 1 fully saturated rings. The SMILES string of the molecule is CCCCCC(=O)C1CCNC(=O)O1. The molecule has 0 aromatic carbocycles. The van der Waals surface area contributed by atoms with Crippen molar-refractivity contribution in [2.45, 2.75) is 45.1 Å². The van der Waals surface area contributed by atoms with Gasteiger partial charge in [0.25, 0.3) is 0 Å². The third-order valence-corrected chi connectivity index (χ3v) is 2.31. The second kappa shape index (κ2) is 5.62. The van der Waals surface area contributed by atoms with Crippen LogP contribution in [0.15, 0.2) is 0 Å². The van der Waals surface area contributed by atoms with Gasteiger partial charge in [0.1, 0.15) is 0 Å². The molecule has 0 radical (unpaired) electrons. The van der Waals surface area contributed by atoms with Gasteiger partial charge in [0.2, 0.25) is 0 Å². The van der Waals surface area contributed by atoms with Crippen molar-refractivity contribution in [2.24, 2.45) is 0 Å². The van der Waals surface area contributed by atoms with E-state index in [4.69, 9.17) is 4.74 Å². The molecule has 80 valence electrons. The zero-order valence-electron chi connectivity index (χ0n) is 8.54. The molecule has 1 heterocycles. The molecule has 1 rings (SSSR count). The highest BCUT2D eigenvalue weighted by atomic mass is 16.6. The van der Waals surface area contributed by atoms with E-state index in [1.54, 1.807) is 0 Å². The molecule has 0 bridgehead atoms. The summed E-state index contributed by atoms with van der Waals surface area (Å²) in [5.74, 6) is 0.0632. The van der Waals surface area contributed by atoms with E-state index in [0.717, 1.165) is 19.3 Å². The first-order valence-corrected chi connectivity index (χ1v) is 5.21. The molecule has 1 saturated heterocycles. The van der Waals surface area contributed by atoms with Crippen LogP contribution in [0.25, 0.3) is 0 Å². The average molecular weight is 199 g/mol. The van der Waals surface area contributed by atoms with E-state index >= 15 is 0 Å². The summed E-state index contributed by atoms with van der Waals surface area (Å²) in [6.07, 6.45) is 3.23. The molecule has 4 heteroatoms. The Morgan fingerprint density at radius 1 is 1.57 bits per heavy atom. The fourth-order valence-corrected chi connectivity index (χ4v) is 1.47. The van der Waals surface area contributed by atoms with Crippen LogP contribution in [0.1, 0.15) is 39.0 Å². The first-order chi connectivity index (χ1) is 6.74. The molecular weight excluding hydrogens is 182 g/mol. The van der Waals surface area contributed by atoms with E-state index in [1.165, 1.54) is 0 Å². The Morgan fingerprint density at radius 3 is 3.00 bits per heavy atom. The van der Waals surface area contributed by atoms with Gasteiger partial charge >= 0.3 is 6.09 Å². The molecule has 0 aliphatic carbocycles. The predicted molar refractivity (Wildman–Crippen MR) is 52.0 cm³/mol. The van der Waals surface area contributed by atoms with Gasteiger partial charge in [-0.3, -0.25) is 4.79 Å². The average Bonchev–Trinajstić information content (AvgIpc) is 2.18. The standard InChI is InChI=1S/C10H17NO3/c1-2-3-4-5-8(12)9-6-7-11-10(13)14-9/h9H,2-7H2,1H3,(H,11,13). The molecule has 0 aromatic heterocycles. The molecule has 1 amide bonds. The third-order valence-electron chi connectivity index (χ3n) is 2.31. The maximum absolute atomic E-state index is 11.5. The van der Waals surface area contributed by atoms with Crippen molar-refractivity contribution in [1.29, 1.82) is 0 Å². The molecule has 4 nitrogen and oxygen atoms in total. The number of hydrogen-bond donors (Lipinski definition) is 1. The van der Waals surface area contributed by atoms with E-state index < -0.39 is 12.2 Å². The number of hydrogen-bond acceptors (Lipinski definition) is 3. The highest BCUT2D eigenvalue weighted by Crippen LogP contribution is 2.10. The lowest BCUT2D eigenvalue weighted by molar-refractivity contribution is -0.128. The lowest BCUT2D eigenvalue weighted by atomic mass is 10.0. The molecule has 1 atom stereocenters. The fourth-order valence-electron chi connectivity index (χ4n) is 1.47. The maximum atomic E-state index is 11.5. The zero-order valence-corrected chi connectivity index (χ0v) is 8.54. The van der Waals surface area contributed by atoms with Gasteiger partial charge in [-0.1, -0.05) is 19.8 Å². The van der Waals surface area contributed by atoms with Gasteiger partial charge < -0.3 is 10.1 Å². The van der Waals surface area contributed by atoms with Crippen LogP contribution in [0.2, 0.25) is 0 Å². The van der Waals surface area contributed by atoms with Gasteiger partial charge in [-0.2, -0.15) is 0 Å². The summed E-state index contributed by atoms with van der Waals surface area (Å²) in [6, 6.07) is 0. The molecule has 0 aromatic rings. The highest BCUT2D eigenvalue weighted by Gasteiger charge is 2.25. The molecule has 1 N–H and O–H groups in total. The molecule has 14 heavy (non-hydrogen) atoms. The lowest BCUT2D eigenvalue weighted by Gasteiger charge is -2.21. The minimum atomic E-state index is -0.499. The van der Waals surface area contributed by atoms with Crippen LogP contribution >= 0.6 is 0 Å². The van der Waals surface area contributed by atoms with Crippen LogP contribution in [0, 0.1) is 0 Å². The van der Waals surface area contributed by atoms with Crippen LogP contribution in [-0.2, 0) is 9.53 Å². The maximum Gasteiger partial charge on any atom is 0.407 e. The summed E-state index contributed by atoms with van der Waals surface area (Å²) >= 11 is 0. The topological polar surface area (TPSA) is 55.4 Å². The number of Topliss-reactive ketones (excluding diaryl/α,β-unsaturated/α-hetero) is 1. The number of amides is 1. The first kappa shape index (κ1) is 11.0. The Bertz CT molecular complexity index is 215. The third kappa shape index (κ3) is 3.36. The number of carbonyl (C=O) groups is 2. The molecule has 0 spiro atoms. The highest BCUT2D eigenvalue weighted by molar-refractivity contribution is 5.86. The monoisotopic (exact) mass is 199 g/mol. The number of alkyl carbamates (subject to hydrolysis) is 1. The van der Waals surface area contributed by atoms with Crippen molar-refractivity contribution in [2.75, 3.05) is 6.54 Å². The molecule has 1 unspecified atom stereocenters. The van der Waals surface area contributed by atoms with Crippen LogP contribution < -0.4 is 5.32 Å². The summed E-state index contributed by atoms with van der Waals surface area (Å²) in [5, 5.41) is 2.52. The summed E-state index contributed by atoms with van der Waals surface area (Å²) < 4.78 is 4.88. The van der Waals surface area contributed by atoms with Crippen molar-refractivity contribution < 1.29 is 14.3 Å². The number of ketones is 1. The second-order valence-electron chi connectivity index (χ2n) is 3.53. The Kier molecular flexibility index (Phi) is 4.43. The van der Waals surface area contributed by atoms with Crippen molar-refractivity contribution in [3.63, 3.8) is 0 Å². The smallest absolute Gasteiger partial charge is 0.407 e. The van der Waals surface area contributed by atoms with Crippen molar-refractivity contribution >= 4 is 11.9 Å². The van der Waals surface area contributed by atoms with E-state index in [-0.39, 0.29) is 5.78 Å². The summed E-state index contributed by atoms with van der Waals surface area (Å²) in [5.41, 5.74) is 0. The number of ether oxygens (including phenoxy) is 1. The van der Waals surface area contributed by atoms with Crippen LogP contribution in [0.5, 0.6) is 0 Å². The van der Waals surface area contributed by atoms with E-state index in [9.17, 15) is 9.59 Å². The van der Waals surface area contributed by atoms with Crippen molar-refractivity contribution in [3.05, 3.63) is 0 Å². The van der Waals surface area contributed by atoms with Gasteiger partial charge in [-0.25, -0.2) is 4.79 Å². The number of cyclic esters (lactones) is 1. The summed E-state index contributed by atoms with van der Waals surface area (Å²) in [7, 11) is 0. The van der Waals surface area contributed by atoms with Crippen LogP contribution in [-0.4, -0.2) is 24.5 Å². The second-order valence-corrected chi connectivity index (χ2v) is 3.53. The van der Waals surface area contributed by atoms with Gasteiger partial charge in [0, 0.05) is 19.4 Å². The van der Waals surface area contributed by atoms with Crippen LogP contribution in [0.4, 0.5) is 4.79 Å². The summed E-state index contributed by atoms with van der Waals surface area (Å²) in [4.78, 5) is 22.3. The fraction of sp³-hybridized carbons (Fsp3) is 0.800. The largest absolute Gasteiger partial charge is 0.438 e. The van der Waals surface area contributed by atoms with Crippen molar-refractivity contribution in [3.8, 4) is 0 Å². The van der Waals surface area contributed by atoms with Gasteiger partial charge in [0.15, 0.2) is 11.9 Å². The molecule has 1 aliphatic heterocycles. The molecule has 1 aliphatic rings. The first-order valence-electron chi connectivity index (χ1n) is 5.21. The quantitative estimate of drug-likeness (QED) is 0.685. The van der Waals surface area contributed by atoms with E-state index in [0.29, 0.717) is 19.4 Å². The number of nitrogens with one attached hydrogen (secondary N) is 1. The Labute approximate surface area is 84.0 Å². The zero-order chi connectivity index (χ0) is 10.4. The Hall–Kier alpha value is -1.06. The normalized spacial score (nSPS) is 21.2. The lowest BCUT2D eigenvalue weighted by Crippen LogP contribution is -2.41. The van der Waals surface area contributed by atoms with Crippen molar-refractivity contribution in [1.82, 2.24) is 5.32 Å². The Morgan fingerprint density at radius 2 is 2.36 bits per heavy atom. The van der Waals surface area contributed by atoms with Crippen LogP contribution in [0.3, 0.4) is 0 Å². The number of unbranched alkanes of at least 4 members (excludes halogenated alkanes) is 2. The van der Waals surface area contributed by atoms with E-state index in [2.05, 4.69) is 12.2 Å². The predicted octanol–water partition coefficient (Wildman–Crippen LogP) is 1.63. The van der Waals surface area contributed by atoms with Gasteiger partial charge in [-0.05, 0) is 6.42 Å². The number of carbonyl (C=O) groups excluding carboxylic acids is 2. The van der Waals surface area contributed by atoms with Gasteiger partial charge in [-0.15, -0.1) is 0 Å². The molecule has 0 saturated carbocycles. The molecular formula is C10H17NO3. The Balaban J connectivity index is 2.25. The minimum absolute atomic E-state index is 0.0632. The van der Waals surface area contributed by atoms with E-state index in [1.807, 2.05) is 0 Å². The number of rotatable bonds is 5. The minimum Gasteiger partial charge on any atom is -0.438 e. The summed E-state index contributed by atoms with van der Waals surface area (Å²) in [6.45, 7) is 2.64.